The van der Waals surface area contributed by atoms with Crippen LogP contribution >= 0.6 is 11.6 Å². The van der Waals surface area contributed by atoms with E-state index in [2.05, 4.69) is 20.9 Å². The maximum atomic E-state index is 13.4. The summed E-state index contributed by atoms with van der Waals surface area (Å²) in [6.07, 6.45) is 4.47. The molecule has 0 unspecified atom stereocenters. The molecular weight excluding hydrogens is 483 g/mol. The smallest absolute Gasteiger partial charge is 0.248 e. The van der Waals surface area contributed by atoms with E-state index in [1.54, 1.807) is 30.6 Å². The number of hydrogen-bond donors (Lipinski definition) is 4. The van der Waals surface area contributed by atoms with Gasteiger partial charge in [-0.05, 0) is 48.4 Å². The molecule has 4 aromatic rings. The van der Waals surface area contributed by atoms with Gasteiger partial charge >= 0.3 is 0 Å². The molecule has 0 saturated heterocycles. The van der Waals surface area contributed by atoms with Crippen LogP contribution in [0.1, 0.15) is 28.8 Å². The molecule has 0 bridgehead atoms. The van der Waals surface area contributed by atoms with Crippen LogP contribution in [-0.4, -0.2) is 41.4 Å². The average Bonchev–Trinajstić information content (AvgIpc) is 2.85. The number of aromatic nitrogens is 2. The highest BCUT2D eigenvalue weighted by Crippen LogP contribution is 2.29. The minimum atomic E-state index is -0.510. The number of nitrogens with zero attached hydrogens (tertiary/aromatic N) is 2. The van der Waals surface area contributed by atoms with Crippen molar-refractivity contribution in [1.29, 1.82) is 0 Å². The Morgan fingerprint density at radius 1 is 1.00 bits per heavy atom. The molecule has 2 heterocycles. The Balaban J connectivity index is 1.25. The molecule has 0 saturated carbocycles. The molecule has 2 aromatic heterocycles. The molecule has 0 aliphatic rings. The molecule has 2 amide bonds. The molecule has 0 fully saturated rings. The Hall–Kier alpha value is -3.82. The number of halogens is 2. The van der Waals surface area contributed by atoms with Gasteiger partial charge in [0.1, 0.15) is 11.6 Å². The summed E-state index contributed by atoms with van der Waals surface area (Å²) in [5.74, 6) is -0.290. The molecule has 2 aromatic carbocycles. The summed E-state index contributed by atoms with van der Waals surface area (Å²) in [6, 6.07) is 11.4. The average molecular weight is 509 g/mol. The van der Waals surface area contributed by atoms with Crippen molar-refractivity contribution in [1.82, 2.24) is 20.6 Å². The summed E-state index contributed by atoms with van der Waals surface area (Å²) >= 11 is 5.85. The van der Waals surface area contributed by atoms with Gasteiger partial charge in [-0.2, -0.15) is 0 Å². The monoisotopic (exact) mass is 508 g/mol. The van der Waals surface area contributed by atoms with Crippen LogP contribution < -0.4 is 21.7 Å². The number of pyridine rings is 2. The van der Waals surface area contributed by atoms with Crippen molar-refractivity contribution in [3.05, 3.63) is 76.8 Å². The van der Waals surface area contributed by atoms with Crippen molar-refractivity contribution >= 4 is 50.9 Å². The summed E-state index contributed by atoms with van der Waals surface area (Å²) in [5, 5.41) is 12.4. The van der Waals surface area contributed by atoms with Gasteiger partial charge in [0.2, 0.25) is 11.8 Å². The van der Waals surface area contributed by atoms with E-state index in [0.29, 0.717) is 60.9 Å². The van der Waals surface area contributed by atoms with E-state index >= 15 is 0 Å². The molecule has 0 spiro atoms. The van der Waals surface area contributed by atoms with Crippen LogP contribution in [0.5, 0.6) is 0 Å². The van der Waals surface area contributed by atoms with Crippen molar-refractivity contribution in [2.45, 2.75) is 19.4 Å². The molecule has 5 N–H and O–H groups in total. The summed E-state index contributed by atoms with van der Waals surface area (Å²) in [6.45, 7) is 1.99. The number of amides is 2. The molecule has 0 aliphatic heterocycles. The summed E-state index contributed by atoms with van der Waals surface area (Å²) < 4.78 is 13.4. The van der Waals surface area contributed by atoms with E-state index in [1.165, 1.54) is 12.1 Å². The lowest BCUT2D eigenvalue weighted by atomic mass is 10.1. The first kappa shape index (κ1) is 25.3. The fourth-order valence-electron chi connectivity index (χ4n) is 3.90. The van der Waals surface area contributed by atoms with E-state index in [9.17, 15) is 14.0 Å². The number of nitrogens with two attached hydrogens (primary N) is 1. The first-order valence-electron chi connectivity index (χ1n) is 11.5. The predicted molar refractivity (Wildman–Crippen MR) is 139 cm³/mol. The number of carbonyl (C=O) groups is 2. The molecule has 8 nitrogen and oxygen atoms in total. The van der Waals surface area contributed by atoms with Gasteiger partial charge in [0, 0.05) is 71.7 Å². The largest absolute Gasteiger partial charge is 0.369 e. The second-order valence-corrected chi connectivity index (χ2v) is 8.75. The highest BCUT2D eigenvalue weighted by atomic mass is 35.5. The van der Waals surface area contributed by atoms with E-state index in [0.717, 1.165) is 21.7 Å². The third-order valence-corrected chi connectivity index (χ3v) is 5.85. The second-order valence-electron chi connectivity index (χ2n) is 8.31. The number of primary amides is 1. The Labute approximate surface area is 212 Å². The van der Waals surface area contributed by atoms with Crippen molar-refractivity contribution < 1.29 is 14.0 Å². The molecule has 4 rings (SSSR count). The number of anilines is 1. The Morgan fingerprint density at radius 2 is 1.86 bits per heavy atom. The van der Waals surface area contributed by atoms with Crippen LogP contribution in [0, 0.1) is 5.82 Å². The molecule has 0 aliphatic carbocycles. The predicted octanol–water partition coefficient (Wildman–Crippen LogP) is 3.77. The van der Waals surface area contributed by atoms with Gasteiger partial charge in [0.15, 0.2) is 0 Å². The molecule has 36 heavy (non-hydrogen) atoms. The van der Waals surface area contributed by atoms with Gasteiger partial charge in [-0.25, -0.2) is 9.37 Å². The van der Waals surface area contributed by atoms with Gasteiger partial charge in [-0.3, -0.25) is 14.6 Å². The Bertz CT molecular complexity index is 1390. The summed E-state index contributed by atoms with van der Waals surface area (Å²) in [5.41, 5.74) is 7.18. The fourth-order valence-corrected chi connectivity index (χ4v) is 4.14. The highest BCUT2D eigenvalue weighted by molar-refractivity contribution is 6.30. The zero-order valence-electron chi connectivity index (χ0n) is 19.5. The topological polar surface area (TPSA) is 122 Å². The normalized spacial score (nSPS) is 11.1. The van der Waals surface area contributed by atoms with Crippen molar-refractivity contribution in [2.75, 3.05) is 25.0 Å². The number of fused-ring (bicyclic) bond motifs is 3. The zero-order valence-corrected chi connectivity index (χ0v) is 20.2. The van der Waals surface area contributed by atoms with E-state index in [1.807, 2.05) is 12.1 Å². The Morgan fingerprint density at radius 3 is 2.67 bits per heavy atom. The first-order chi connectivity index (χ1) is 17.4. The van der Waals surface area contributed by atoms with Crippen LogP contribution in [-0.2, 0) is 11.3 Å². The van der Waals surface area contributed by atoms with E-state index in [-0.39, 0.29) is 11.7 Å². The molecule has 0 radical (unpaired) electrons. The van der Waals surface area contributed by atoms with Crippen molar-refractivity contribution in [2.24, 2.45) is 5.73 Å². The van der Waals surface area contributed by atoms with E-state index in [4.69, 9.17) is 22.3 Å². The van der Waals surface area contributed by atoms with Crippen molar-refractivity contribution in [3.63, 3.8) is 0 Å². The maximum absolute atomic E-state index is 13.4. The van der Waals surface area contributed by atoms with Gasteiger partial charge < -0.3 is 21.7 Å². The lowest BCUT2D eigenvalue weighted by molar-refractivity contribution is -0.121. The first-order valence-corrected chi connectivity index (χ1v) is 11.9. The molecule has 186 valence electrons. The van der Waals surface area contributed by atoms with Crippen LogP contribution in [0.15, 0.2) is 54.9 Å². The van der Waals surface area contributed by atoms with Gasteiger partial charge in [0.05, 0.1) is 5.52 Å². The Kier molecular flexibility index (Phi) is 8.24. The SMILES string of the molecule is NC(=O)c1ccc2c(c1)nc(NCCCNC(=O)CCNCc1cc(F)cc(Cl)c1)c1ccncc12. The molecule has 0 atom stereocenters. The number of nitrogens with one attached hydrogen (secondary N) is 3. The van der Waals surface area contributed by atoms with Crippen LogP contribution in [0.25, 0.3) is 21.7 Å². The lowest BCUT2D eigenvalue weighted by Gasteiger charge is -2.12. The fraction of sp³-hybridized carbons (Fsp3) is 0.231. The van der Waals surface area contributed by atoms with Crippen molar-refractivity contribution in [3.8, 4) is 0 Å². The highest BCUT2D eigenvalue weighted by Gasteiger charge is 2.11. The zero-order chi connectivity index (χ0) is 25.5. The number of carbonyl (C=O) groups excluding carboxylic acids is 2. The third-order valence-electron chi connectivity index (χ3n) is 5.63. The third kappa shape index (κ3) is 6.44. The van der Waals surface area contributed by atoms with Crippen LogP contribution in [0.3, 0.4) is 0 Å². The summed E-state index contributed by atoms with van der Waals surface area (Å²) in [7, 11) is 0. The molecule has 10 heteroatoms. The van der Waals surface area contributed by atoms with E-state index < -0.39 is 5.91 Å². The maximum Gasteiger partial charge on any atom is 0.248 e. The minimum absolute atomic E-state index is 0.0703. The van der Waals surface area contributed by atoms with Gasteiger partial charge in [-0.1, -0.05) is 17.7 Å². The molecular formula is C26H26ClFN6O2. The number of benzene rings is 2. The number of rotatable bonds is 11. The summed E-state index contributed by atoms with van der Waals surface area (Å²) in [4.78, 5) is 32.6. The number of hydrogen-bond acceptors (Lipinski definition) is 6. The standard InChI is InChI=1S/C26H26ClFN6O2/c27-18-10-16(11-19(28)13-18)14-30-9-5-24(35)32-6-1-7-33-26-21-4-8-31-15-22(21)20-3-2-17(25(29)36)12-23(20)34-26/h2-4,8,10-13,15,30H,1,5-7,9,14H2,(H2,29,36)(H,32,35)(H,33,34). The van der Waals surface area contributed by atoms with Crippen LogP contribution in [0.2, 0.25) is 5.02 Å². The minimum Gasteiger partial charge on any atom is -0.369 e. The second kappa shape index (κ2) is 11.7. The van der Waals surface area contributed by atoms with Gasteiger partial charge in [-0.15, -0.1) is 0 Å². The van der Waals surface area contributed by atoms with Gasteiger partial charge in [0.25, 0.3) is 0 Å². The lowest BCUT2D eigenvalue weighted by Crippen LogP contribution is -2.29. The van der Waals surface area contributed by atoms with Crippen LogP contribution in [0.4, 0.5) is 10.2 Å². The quantitative estimate of drug-likeness (QED) is 0.181.